The van der Waals surface area contributed by atoms with Gasteiger partial charge in [0.15, 0.2) is 0 Å². The van der Waals surface area contributed by atoms with Crippen LogP contribution in [-0.4, -0.2) is 52.9 Å². The van der Waals surface area contributed by atoms with E-state index in [-0.39, 0.29) is 18.4 Å². The second kappa shape index (κ2) is 8.11. The quantitative estimate of drug-likeness (QED) is 0.251. The Labute approximate surface area is 201 Å². The standard InChI is InChI=1S/C27H26N4O4/c1-30-12-8-15-4-6-18-21(24(15)30)23-22(26(33)29-27(23)34)20-17-7-5-16(35-2)14-19(17)31(25(18)20)11-3-9-28-10-13-32/h4-8,12,14,28,32H,3,9-11,13H2,1-2H3,(H,29,33,34). The third-order valence-electron chi connectivity index (χ3n) is 7.02. The molecule has 0 radical (unpaired) electrons. The summed E-state index contributed by atoms with van der Waals surface area (Å²) in [5, 5.41) is 19.3. The molecule has 0 saturated carbocycles. The van der Waals surface area contributed by atoms with Gasteiger partial charge in [0.05, 0.1) is 41.4 Å². The van der Waals surface area contributed by atoms with Crippen molar-refractivity contribution in [2.24, 2.45) is 7.05 Å². The SMILES string of the molecule is COc1ccc2c3c4c(c5c(ccc6ccn(C)c65)c3n(CCCNCCO)c2c1)C(=O)NC4=O. The Morgan fingerprint density at radius 2 is 1.71 bits per heavy atom. The van der Waals surface area contributed by atoms with Crippen molar-refractivity contribution >= 4 is 55.3 Å². The molecular formula is C27H26N4O4. The zero-order valence-corrected chi connectivity index (χ0v) is 19.6. The van der Waals surface area contributed by atoms with Gasteiger partial charge >= 0.3 is 0 Å². The van der Waals surface area contributed by atoms with Gasteiger partial charge in [-0.3, -0.25) is 14.9 Å². The first-order valence-corrected chi connectivity index (χ1v) is 11.8. The van der Waals surface area contributed by atoms with Gasteiger partial charge in [-0.25, -0.2) is 0 Å². The van der Waals surface area contributed by atoms with Crippen LogP contribution in [0.4, 0.5) is 0 Å². The van der Waals surface area contributed by atoms with Gasteiger partial charge in [-0.15, -0.1) is 0 Å². The van der Waals surface area contributed by atoms with Crippen molar-refractivity contribution in [3.63, 3.8) is 0 Å². The summed E-state index contributed by atoms with van der Waals surface area (Å²) in [6, 6.07) is 12.0. The Hall–Kier alpha value is -3.88. The van der Waals surface area contributed by atoms with Crippen LogP contribution in [0.1, 0.15) is 27.1 Å². The van der Waals surface area contributed by atoms with Crippen LogP contribution in [0.3, 0.4) is 0 Å². The highest BCUT2D eigenvalue weighted by atomic mass is 16.5. The molecule has 178 valence electrons. The van der Waals surface area contributed by atoms with E-state index < -0.39 is 0 Å². The molecule has 2 aromatic heterocycles. The second-order valence-corrected chi connectivity index (χ2v) is 8.97. The molecule has 1 aliphatic rings. The lowest BCUT2D eigenvalue weighted by Crippen LogP contribution is -2.20. The maximum Gasteiger partial charge on any atom is 0.259 e. The predicted octanol–water partition coefficient (Wildman–Crippen LogP) is 3.30. The molecule has 3 N–H and O–H groups in total. The Bertz CT molecular complexity index is 1680. The monoisotopic (exact) mass is 470 g/mol. The van der Waals surface area contributed by atoms with E-state index in [2.05, 4.69) is 27.3 Å². The summed E-state index contributed by atoms with van der Waals surface area (Å²) >= 11 is 0. The molecule has 0 aliphatic carbocycles. The summed E-state index contributed by atoms with van der Waals surface area (Å²) in [4.78, 5) is 26.3. The highest BCUT2D eigenvalue weighted by molar-refractivity contribution is 6.39. The summed E-state index contributed by atoms with van der Waals surface area (Å²) < 4.78 is 9.77. The van der Waals surface area contributed by atoms with Gasteiger partial charge in [0, 0.05) is 59.3 Å². The number of aromatic nitrogens is 2. The predicted molar refractivity (Wildman–Crippen MR) is 136 cm³/mol. The van der Waals surface area contributed by atoms with E-state index in [1.165, 1.54) is 0 Å². The first kappa shape index (κ1) is 21.6. The lowest BCUT2D eigenvalue weighted by molar-refractivity contribution is 0.0880. The Morgan fingerprint density at radius 3 is 2.46 bits per heavy atom. The van der Waals surface area contributed by atoms with Crippen molar-refractivity contribution in [3.8, 4) is 5.75 Å². The summed E-state index contributed by atoms with van der Waals surface area (Å²) in [5.41, 5.74) is 3.72. The number of amides is 2. The van der Waals surface area contributed by atoms with Gasteiger partial charge in [-0.1, -0.05) is 12.1 Å². The molecule has 0 unspecified atom stereocenters. The van der Waals surface area contributed by atoms with Crippen LogP contribution in [0, 0.1) is 0 Å². The van der Waals surface area contributed by atoms with E-state index in [1.807, 2.05) is 42.1 Å². The molecule has 2 amide bonds. The molecule has 3 heterocycles. The number of aliphatic hydroxyl groups is 1. The topological polar surface area (TPSA) is 97.5 Å². The number of carbonyl (C=O) groups is 2. The van der Waals surface area contributed by atoms with E-state index in [4.69, 9.17) is 9.84 Å². The lowest BCUT2D eigenvalue weighted by Gasteiger charge is -2.13. The zero-order chi connectivity index (χ0) is 24.3. The molecule has 0 bridgehead atoms. The summed E-state index contributed by atoms with van der Waals surface area (Å²) in [6.07, 6.45) is 2.80. The van der Waals surface area contributed by atoms with Crippen LogP contribution in [0.5, 0.6) is 5.75 Å². The highest BCUT2D eigenvalue weighted by Crippen LogP contribution is 2.44. The maximum absolute atomic E-state index is 13.2. The Morgan fingerprint density at radius 1 is 0.971 bits per heavy atom. The second-order valence-electron chi connectivity index (χ2n) is 8.97. The van der Waals surface area contributed by atoms with Crippen LogP contribution < -0.4 is 15.4 Å². The first-order valence-electron chi connectivity index (χ1n) is 11.8. The summed E-state index contributed by atoms with van der Waals surface area (Å²) in [7, 11) is 3.60. The molecule has 0 fully saturated rings. The molecule has 35 heavy (non-hydrogen) atoms. The van der Waals surface area contributed by atoms with Gasteiger partial charge in [0.1, 0.15) is 5.75 Å². The van der Waals surface area contributed by atoms with Crippen molar-refractivity contribution < 1.29 is 19.4 Å². The number of rotatable bonds is 7. The van der Waals surface area contributed by atoms with Gasteiger partial charge in [0.25, 0.3) is 11.8 Å². The fraction of sp³-hybridized carbons (Fsp3) is 0.259. The van der Waals surface area contributed by atoms with Crippen LogP contribution >= 0.6 is 0 Å². The van der Waals surface area contributed by atoms with Crippen molar-refractivity contribution in [2.45, 2.75) is 13.0 Å². The van der Waals surface area contributed by atoms with E-state index >= 15 is 0 Å². The van der Waals surface area contributed by atoms with Gasteiger partial charge in [-0.05, 0) is 31.2 Å². The van der Waals surface area contributed by atoms with E-state index in [9.17, 15) is 9.59 Å². The minimum Gasteiger partial charge on any atom is -0.497 e. The van der Waals surface area contributed by atoms with Crippen LogP contribution in [-0.2, 0) is 13.6 Å². The number of methoxy groups -OCH3 is 1. The summed E-state index contributed by atoms with van der Waals surface area (Å²) in [6.45, 7) is 2.08. The number of ether oxygens (including phenoxy) is 1. The van der Waals surface area contributed by atoms with E-state index in [0.717, 1.165) is 62.2 Å². The third-order valence-corrected chi connectivity index (χ3v) is 7.02. The van der Waals surface area contributed by atoms with E-state index in [0.29, 0.717) is 24.2 Å². The molecule has 0 atom stereocenters. The number of hydrogen-bond donors (Lipinski definition) is 3. The molecule has 0 spiro atoms. The minimum atomic E-state index is -0.359. The number of aryl methyl sites for hydroxylation is 2. The maximum atomic E-state index is 13.2. The smallest absolute Gasteiger partial charge is 0.259 e. The summed E-state index contributed by atoms with van der Waals surface area (Å²) in [5.74, 6) is 0.0158. The van der Waals surface area contributed by atoms with Crippen molar-refractivity contribution in [1.82, 2.24) is 19.8 Å². The average Bonchev–Trinajstić information content (AvgIpc) is 3.49. The zero-order valence-electron chi connectivity index (χ0n) is 19.6. The van der Waals surface area contributed by atoms with Gasteiger partial charge in [-0.2, -0.15) is 0 Å². The molecule has 8 nitrogen and oxygen atoms in total. The largest absolute Gasteiger partial charge is 0.497 e. The highest BCUT2D eigenvalue weighted by Gasteiger charge is 2.35. The number of nitrogens with one attached hydrogen (secondary N) is 2. The average molecular weight is 471 g/mol. The third kappa shape index (κ3) is 3.07. The molecule has 3 aromatic carbocycles. The van der Waals surface area contributed by atoms with Crippen LogP contribution in [0.15, 0.2) is 42.6 Å². The number of fused-ring (bicyclic) bond motifs is 10. The molecule has 0 saturated heterocycles. The number of hydrogen-bond acceptors (Lipinski definition) is 5. The van der Waals surface area contributed by atoms with Gasteiger partial charge in [0.2, 0.25) is 0 Å². The Balaban J connectivity index is 1.77. The number of nitrogens with zero attached hydrogens (tertiary/aromatic N) is 2. The van der Waals surface area contributed by atoms with Crippen molar-refractivity contribution in [2.75, 3.05) is 26.8 Å². The van der Waals surface area contributed by atoms with Crippen LogP contribution in [0.2, 0.25) is 0 Å². The van der Waals surface area contributed by atoms with Gasteiger partial charge < -0.3 is 24.3 Å². The molecule has 8 heteroatoms. The van der Waals surface area contributed by atoms with Crippen molar-refractivity contribution in [1.29, 1.82) is 0 Å². The normalized spacial score (nSPS) is 13.5. The van der Waals surface area contributed by atoms with Crippen molar-refractivity contribution in [3.05, 3.63) is 53.7 Å². The number of imide groups is 1. The minimum absolute atomic E-state index is 0.0964. The fourth-order valence-corrected chi connectivity index (χ4v) is 5.56. The number of aliphatic hydroxyl groups excluding tert-OH is 1. The number of carbonyl (C=O) groups excluding carboxylic acids is 2. The first-order chi connectivity index (χ1) is 17.0. The van der Waals surface area contributed by atoms with Crippen LogP contribution in [0.25, 0.3) is 43.5 Å². The fourth-order valence-electron chi connectivity index (χ4n) is 5.56. The van der Waals surface area contributed by atoms with E-state index in [1.54, 1.807) is 7.11 Å². The molecule has 5 aromatic rings. The molecule has 6 rings (SSSR count). The Kier molecular flexibility index (Phi) is 5.01. The lowest BCUT2D eigenvalue weighted by atomic mass is 9.93. The molecule has 1 aliphatic heterocycles. The molecular weight excluding hydrogens is 444 g/mol. The number of benzene rings is 3.